The number of piperazine rings is 1. The first-order valence-electron chi connectivity index (χ1n) is 6.21. The second-order valence-corrected chi connectivity index (χ2v) is 4.49. The molecule has 1 fully saturated rings. The van der Waals surface area contributed by atoms with Crippen LogP contribution in [0.4, 0.5) is 5.95 Å². The van der Waals surface area contributed by atoms with E-state index in [1.165, 1.54) is 0 Å². The Morgan fingerprint density at radius 1 is 1.26 bits per heavy atom. The van der Waals surface area contributed by atoms with Gasteiger partial charge < -0.3 is 10.2 Å². The number of nitrogens with one attached hydrogen (secondary N) is 1. The molecule has 2 aromatic rings. The maximum atomic E-state index is 11.9. The number of hydrogen-bond acceptors (Lipinski definition) is 4. The average molecular weight is 281 g/mol. The second-order valence-electron chi connectivity index (χ2n) is 4.49. The molecular weight excluding hydrogens is 264 g/mol. The molecule has 102 valence electrons. The summed E-state index contributed by atoms with van der Waals surface area (Å²) in [6.07, 6.45) is 0. The number of carbonyl (C=O) groups excluding carboxylic acids is 1. The summed E-state index contributed by atoms with van der Waals surface area (Å²) in [7, 11) is 0. The Kier molecular flexibility index (Phi) is 4.07. The van der Waals surface area contributed by atoms with Gasteiger partial charge in [0.1, 0.15) is 0 Å². The predicted molar refractivity (Wildman–Crippen MR) is 78.4 cm³/mol. The van der Waals surface area contributed by atoms with E-state index in [1.54, 1.807) is 11.5 Å². The van der Waals surface area contributed by atoms with Crippen LogP contribution in [0.15, 0.2) is 24.3 Å². The van der Waals surface area contributed by atoms with Gasteiger partial charge in [-0.1, -0.05) is 12.1 Å². The number of para-hydroxylation sites is 2. The zero-order chi connectivity index (χ0) is 12.5. The fraction of sp³-hybridized carbons (Fsp3) is 0.385. The Morgan fingerprint density at radius 3 is 2.63 bits per heavy atom. The van der Waals surface area contributed by atoms with Crippen LogP contribution >= 0.6 is 12.4 Å². The summed E-state index contributed by atoms with van der Waals surface area (Å²) in [6.45, 7) is 5.22. The van der Waals surface area contributed by atoms with E-state index in [9.17, 15) is 4.79 Å². The summed E-state index contributed by atoms with van der Waals surface area (Å²) in [5.74, 6) is 0.780. The Morgan fingerprint density at radius 2 is 1.95 bits per heavy atom. The smallest absolute Gasteiger partial charge is 0.230 e. The maximum Gasteiger partial charge on any atom is 0.230 e. The highest BCUT2D eigenvalue weighted by molar-refractivity contribution is 5.92. The number of nitrogens with zero attached hydrogens (tertiary/aromatic N) is 3. The van der Waals surface area contributed by atoms with Crippen molar-refractivity contribution in [1.82, 2.24) is 14.9 Å². The van der Waals surface area contributed by atoms with Crippen molar-refractivity contribution < 1.29 is 4.79 Å². The van der Waals surface area contributed by atoms with Crippen molar-refractivity contribution in [3.05, 3.63) is 24.3 Å². The van der Waals surface area contributed by atoms with Crippen molar-refractivity contribution in [2.45, 2.75) is 6.92 Å². The molecule has 0 atom stereocenters. The van der Waals surface area contributed by atoms with Crippen LogP contribution in [0.5, 0.6) is 0 Å². The number of imidazole rings is 1. The third kappa shape index (κ3) is 2.43. The molecule has 1 N–H and O–H groups in total. The van der Waals surface area contributed by atoms with Gasteiger partial charge in [0.15, 0.2) is 0 Å². The number of anilines is 1. The standard InChI is InChI=1S/C13H16N4O.ClH/c1-10(18)17-12-5-3-2-4-11(12)15-13(17)16-8-6-14-7-9-16;/h2-5,14H,6-9H2,1H3;1H. The van der Waals surface area contributed by atoms with Crippen molar-refractivity contribution in [1.29, 1.82) is 0 Å². The first-order chi connectivity index (χ1) is 8.77. The van der Waals surface area contributed by atoms with E-state index in [0.717, 1.165) is 43.2 Å². The minimum absolute atomic E-state index is 0. The van der Waals surface area contributed by atoms with E-state index in [2.05, 4.69) is 15.2 Å². The lowest BCUT2D eigenvalue weighted by molar-refractivity contribution is 0.0942. The van der Waals surface area contributed by atoms with E-state index in [4.69, 9.17) is 0 Å². The van der Waals surface area contributed by atoms with Crippen LogP contribution in [0.25, 0.3) is 11.0 Å². The van der Waals surface area contributed by atoms with E-state index in [0.29, 0.717) is 0 Å². The van der Waals surface area contributed by atoms with Crippen molar-refractivity contribution in [3.8, 4) is 0 Å². The molecule has 0 saturated carbocycles. The van der Waals surface area contributed by atoms with E-state index in [-0.39, 0.29) is 18.3 Å². The normalized spacial score (nSPS) is 15.3. The van der Waals surface area contributed by atoms with Gasteiger partial charge in [-0.05, 0) is 12.1 Å². The molecule has 1 aliphatic heterocycles. The summed E-state index contributed by atoms with van der Waals surface area (Å²) < 4.78 is 1.71. The molecule has 3 rings (SSSR count). The van der Waals surface area contributed by atoms with Crippen LogP contribution in [-0.4, -0.2) is 41.6 Å². The van der Waals surface area contributed by atoms with E-state index in [1.807, 2.05) is 24.3 Å². The van der Waals surface area contributed by atoms with Crippen molar-refractivity contribution >= 4 is 35.3 Å². The lowest BCUT2D eigenvalue weighted by Gasteiger charge is -2.28. The summed E-state index contributed by atoms with van der Waals surface area (Å²) in [5, 5.41) is 3.30. The third-order valence-electron chi connectivity index (χ3n) is 3.26. The Labute approximate surface area is 118 Å². The van der Waals surface area contributed by atoms with Crippen LogP contribution < -0.4 is 10.2 Å². The molecule has 19 heavy (non-hydrogen) atoms. The zero-order valence-electron chi connectivity index (χ0n) is 10.8. The van der Waals surface area contributed by atoms with Gasteiger partial charge in [-0.15, -0.1) is 12.4 Å². The van der Waals surface area contributed by atoms with Gasteiger partial charge >= 0.3 is 0 Å². The predicted octanol–water partition coefficient (Wildman–Crippen LogP) is 1.53. The van der Waals surface area contributed by atoms with Gasteiger partial charge in [0.05, 0.1) is 11.0 Å². The second kappa shape index (κ2) is 5.59. The Balaban J connectivity index is 0.00000133. The number of benzene rings is 1. The highest BCUT2D eigenvalue weighted by Gasteiger charge is 2.20. The average Bonchev–Trinajstić information content (AvgIpc) is 2.79. The first kappa shape index (κ1) is 13.8. The fourth-order valence-corrected chi connectivity index (χ4v) is 2.40. The number of aromatic nitrogens is 2. The van der Waals surface area contributed by atoms with Gasteiger partial charge in [-0.2, -0.15) is 0 Å². The quantitative estimate of drug-likeness (QED) is 0.861. The summed E-state index contributed by atoms with van der Waals surface area (Å²) >= 11 is 0. The molecule has 6 heteroatoms. The van der Waals surface area contributed by atoms with E-state index >= 15 is 0 Å². The monoisotopic (exact) mass is 280 g/mol. The zero-order valence-corrected chi connectivity index (χ0v) is 11.6. The summed E-state index contributed by atoms with van der Waals surface area (Å²) in [6, 6.07) is 7.77. The SMILES string of the molecule is CC(=O)n1c(N2CCNCC2)nc2ccccc21.Cl. The highest BCUT2D eigenvalue weighted by atomic mass is 35.5. The van der Waals surface area contributed by atoms with Crippen LogP contribution in [0.3, 0.4) is 0 Å². The lowest BCUT2D eigenvalue weighted by atomic mass is 10.3. The topological polar surface area (TPSA) is 50.2 Å². The minimum Gasteiger partial charge on any atom is -0.339 e. The largest absolute Gasteiger partial charge is 0.339 e. The number of rotatable bonds is 1. The molecule has 1 aliphatic rings. The highest BCUT2D eigenvalue weighted by Crippen LogP contribution is 2.22. The summed E-state index contributed by atoms with van der Waals surface area (Å²) in [4.78, 5) is 18.6. The van der Waals surface area contributed by atoms with Gasteiger partial charge in [0.2, 0.25) is 11.9 Å². The van der Waals surface area contributed by atoms with Crippen molar-refractivity contribution in [3.63, 3.8) is 0 Å². The van der Waals surface area contributed by atoms with Crippen molar-refractivity contribution in [2.24, 2.45) is 0 Å². The number of fused-ring (bicyclic) bond motifs is 1. The fourth-order valence-electron chi connectivity index (χ4n) is 2.40. The molecule has 0 radical (unpaired) electrons. The third-order valence-corrected chi connectivity index (χ3v) is 3.26. The summed E-state index contributed by atoms with van der Waals surface area (Å²) in [5.41, 5.74) is 1.76. The molecule has 1 aromatic carbocycles. The number of carbonyl (C=O) groups is 1. The van der Waals surface area contributed by atoms with Crippen LogP contribution in [0.1, 0.15) is 11.7 Å². The molecular formula is C13H17ClN4O. The Hall–Kier alpha value is -1.59. The lowest BCUT2D eigenvalue weighted by Crippen LogP contribution is -2.44. The first-order valence-corrected chi connectivity index (χ1v) is 6.21. The molecule has 0 spiro atoms. The maximum absolute atomic E-state index is 11.9. The number of hydrogen-bond donors (Lipinski definition) is 1. The molecule has 0 amide bonds. The molecule has 2 heterocycles. The molecule has 5 nitrogen and oxygen atoms in total. The van der Waals surface area contributed by atoms with Gasteiger partial charge in [-0.25, -0.2) is 9.55 Å². The molecule has 1 saturated heterocycles. The van der Waals surface area contributed by atoms with Crippen LogP contribution in [0.2, 0.25) is 0 Å². The molecule has 0 bridgehead atoms. The van der Waals surface area contributed by atoms with Crippen LogP contribution in [-0.2, 0) is 0 Å². The van der Waals surface area contributed by atoms with E-state index < -0.39 is 0 Å². The molecule has 0 aliphatic carbocycles. The minimum atomic E-state index is 0. The van der Waals surface area contributed by atoms with Gasteiger partial charge in [0.25, 0.3) is 0 Å². The van der Waals surface area contributed by atoms with Crippen LogP contribution in [0, 0.1) is 0 Å². The van der Waals surface area contributed by atoms with Crippen molar-refractivity contribution in [2.75, 3.05) is 31.1 Å². The molecule has 0 unspecified atom stereocenters. The molecule has 1 aromatic heterocycles. The van der Waals surface area contributed by atoms with Gasteiger partial charge in [-0.3, -0.25) is 4.79 Å². The number of halogens is 1. The Bertz CT molecular complexity index is 589. The van der Waals surface area contributed by atoms with Gasteiger partial charge in [0, 0.05) is 33.1 Å².